The molecule has 206 valence electrons. The summed E-state index contributed by atoms with van der Waals surface area (Å²) in [5.41, 5.74) is 1.74. The minimum atomic E-state index is -0.155. The van der Waals surface area contributed by atoms with Crippen molar-refractivity contribution in [2.75, 3.05) is 45.9 Å². The van der Waals surface area contributed by atoms with Crippen molar-refractivity contribution in [3.63, 3.8) is 0 Å². The monoisotopic (exact) mass is 523 g/mol. The van der Waals surface area contributed by atoms with Gasteiger partial charge in [0.2, 0.25) is 5.91 Å². The van der Waals surface area contributed by atoms with Gasteiger partial charge in [0.1, 0.15) is 0 Å². The molecule has 10 heteroatoms. The zero-order valence-corrected chi connectivity index (χ0v) is 21.8. The minimum Gasteiger partial charge on any atom is -0.378 e. The number of amides is 2. The molecule has 2 saturated heterocycles. The number of nitrogens with one attached hydrogen (secondary N) is 1. The number of hydrogen-bond acceptors (Lipinski definition) is 6. The highest BCUT2D eigenvalue weighted by molar-refractivity contribution is 5.95. The van der Waals surface area contributed by atoms with Crippen LogP contribution in [-0.4, -0.2) is 92.9 Å². The Morgan fingerprint density at radius 3 is 2.66 bits per heavy atom. The second-order valence-corrected chi connectivity index (χ2v) is 10.4. The highest BCUT2D eigenvalue weighted by Gasteiger charge is 2.36. The maximum Gasteiger partial charge on any atom is 0.290 e. The number of hydrogen-bond donors (Lipinski definition) is 1. The molecule has 1 aromatic carbocycles. The number of nitrogens with zero attached hydrogens (tertiary/aromatic N) is 6. The summed E-state index contributed by atoms with van der Waals surface area (Å²) in [4.78, 5) is 36.1. The van der Waals surface area contributed by atoms with E-state index in [1.54, 1.807) is 6.20 Å². The average Bonchev–Trinajstić information content (AvgIpc) is 3.58. The standard InChI is InChI=1S/C27H37N7O3.CH4/c1-20(2)19-34(22-16-21(17-28-18-22)26(35)31-12-14-37-15-13-31)27(36)25-30-23-6-3-4-7-24(23)33(25)11-10-32-9-5-8-29-32;/h3-9,20-22,28H,10-19H2,1-2H3;1H4/t21-,22+;/m1./s1. The molecular weight excluding hydrogens is 482 g/mol. The Hall–Kier alpha value is -3.24. The Morgan fingerprint density at radius 1 is 1.13 bits per heavy atom. The van der Waals surface area contributed by atoms with Crippen molar-refractivity contribution in [2.24, 2.45) is 11.8 Å². The largest absolute Gasteiger partial charge is 0.378 e. The van der Waals surface area contributed by atoms with E-state index >= 15 is 0 Å². The fraction of sp³-hybridized carbons (Fsp3) is 0.571. The fourth-order valence-electron chi connectivity index (χ4n) is 5.41. The topological polar surface area (TPSA) is 97.5 Å². The number of piperidine rings is 1. The van der Waals surface area contributed by atoms with Gasteiger partial charge in [-0.2, -0.15) is 5.10 Å². The normalized spacial score (nSPS) is 19.9. The van der Waals surface area contributed by atoms with Gasteiger partial charge < -0.3 is 24.4 Å². The highest BCUT2D eigenvalue weighted by atomic mass is 16.5. The first kappa shape index (κ1) is 27.8. The Balaban J connectivity index is 0.00000336. The number of aromatic nitrogens is 4. The van der Waals surface area contributed by atoms with Crippen LogP contribution in [-0.2, 0) is 22.6 Å². The Morgan fingerprint density at radius 2 is 1.92 bits per heavy atom. The van der Waals surface area contributed by atoms with Crippen molar-refractivity contribution in [2.45, 2.75) is 46.8 Å². The van der Waals surface area contributed by atoms with E-state index in [2.05, 4.69) is 24.3 Å². The van der Waals surface area contributed by atoms with Crippen LogP contribution >= 0.6 is 0 Å². The molecule has 3 aromatic rings. The fourth-order valence-corrected chi connectivity index (χ4v) is 5.41. The molecule has 2 aromatic heterocycles. The van der Waals surface area contributed by atoms with E-state index in [9.17, 15) is 9.59 Å². The molecule has 0 radical (unpaired) electrons. The van der Waals surface area contributed by atoms with Crippen molar-refractivity contribution >= 4 is 22.8 Å². The van der Waals surface area contributed by atoms with Crippen LogP contribution in [0.5, 0.6) is 0 Å². The number of carbonyl (C=O) groups excluding carboxylic acids is 2. The first-order valence-corrected chi connectivity index (χ1v) is 13.3. The van der Waals surface area contributed by atoms with E-state index in [0.717, 1.165) is 11.0 Å². The SMILES string of the molecule is C.CC(C)CN(C(=O)c1nc2ccccc2n1CCn1cccn1)[C@@H]1CNC[C@H](C(=O)N2CCOCC2)C1. The van der Waals surface area contributed by atoms with E-state index in [-0.39, 0.29) is 37.1 Å². The maximum absolute atomic E-state index is 14.2. The molecule has 4 heterocycles. The lowest BCUT2D eigenvalue weighted by Crippen LogP contribution is -2.56. The highest BCUT2D eigenvalue weighted by Crippen LogP contribution is 2.24. The molecule has 0 aliphatic carbocycles. The van der Waals surface area contributed by atoms with Gasteiger partial charge in [0, 0.05) is 57.7 Å². The van der Waals surface area contributed by atoms with Gasteiger partial charge in [-0.25, -0.2) is 4.98 Å². The van der Waals surface area contributed by atoms with Crippen LogP contribution in [0.4, 0.5) is 0 Å². The van der Waals surface area contributed by atoms with E-state index in [1.807, 2.05) is 55.6 Å². The van der Waals surface area contributed by atoms with Crippen LogP contribution in [0.15, 0.2) is 42.7 Å². The Labute approximate surface area is 224 Å². The molecule has 2 fully saturated rings. The summed E-state index contributed by atoms with van der Waals surface area (Å²) in [7, 11) is 0. The lowest BCUT2D eigenvalue weighted by molar-refractivity contribution is -0.140. The number of fused-ring (bicyclic) bond motifs is 1. The number of para-hydroxylation sites is 2. The summed E-state index contributed by atoms with van der Waals surface area (Å²) in [6.45, 7) is 9.80. The van der Waals surface area contributed by atoms with Crippen molar-refractivity contribution in [3.8, 4) is 0 Å². The first-order chi connectivity index (χ1) is 18.0. The van der Waals surface area contributed by atoms with Gasteiger partial charge in [-0.05, 0) is 30.5 Å². The molecule has 1 N–H and O–H groups in total. The zero-order chi connectivity index (χ0) is 25.8. The van der Waals surface area contributed by atoms with Gasteiger partial charge in [-0.15, -0.1) is 0 Å². The van der Waals surface area contributed by atoms with Gasteiger partial charge in [0.05, 0.1) is 36.7 Å². The van der Waals surface area contributed by atoms with Gasteiger partial charge in [-0.1, -0.05) is 33.4 Å². The third-order valence-electron chi connectivity index (χ3n) is 7.22. The van der Waals surface area contributed by atoms with Crippen molar-refractivity contribution in [1.82, 2.24) is 34.4 Å². The average molecular weight is 524 g/mol. The van der Waals surface area contributed by atoms with Crippen LogP contribution in [0.25, 0.3) is 11.0 Å². The number of morpholine rings is 1. The molecule has 2 amide bonds. The second-order valence-electron chi connectivity index (χ2n) is 10.4. The van der Waals surface area contributed by atoms with Crippen molar-refractivity contribution in [3.05, 3.63) is 48.5 Å². The molecule has 2 atom stereocenters. The van der Waals surface area contributed by atoms with Crippen molar-refractivity contribution < 1.29 is 14.3 Å². The third-order valence-corrected chi connectivity index (χ3v) is 7.22. The molecule has 38 heavy (non-hydrogen) atoms. The van der Waals surface area contributed by atoms with Gasteiger partial charge >= 0.3 is 0 Å². The van der Waals surface area contributed by atoms with Crippen LogP contribution in [0.2, 0.25) is 0 Å². The zero-order valence-electron chi connectivity index (χ0n) is 21.8. The Bertz CT molecular complexity index is 1200. The van der Waals surface area contributed by atoms with Crippen LogP contribution in [0.1, 0.15) is 38.3 Å². The predicted molar refractivity (Wildman–Crippen MR) is 147 cm³/mol. The summed E-state index contributed by atoms with van der Waals surface area (Å²) in [5, 5.41) is 7.76. The molecule has 2 aliphatic heterocycles. The Kier molecular flexibility index (Phi) is 9.17. The number of aryl methyl sites for hydroxylation is 2. The third kappa shape index (κ3) is 6.07. The van der Waals surface area contributed by atoms with E-state index < -0.39 is 0 Å². The summed E-state index contributed by atoms with van der Waals surface area (Å²) in [5.74, 6) is 0.635. The first-order valence-electron chi connectivity index (χ1n) is 13.3. The summed E-state index contributed by atoms with van der Waals surface area (Å²) in [6, 6.07) is 9.68. The second kappa shape index (κ2) is 12.5. The maximum atomic E-state index is 14.2. The molecule has 10 nitrogen and oxygen atoms in total. The molecule has 0 bridgehead atoms. The number of carbonyl (C=O) groups is 2. The molecule has 0 unspecified atom stereocenters. The number of benzene rings is 1. The van der Waals surface area contributed by atoms with Crippen molar-refractivity contribution in [1.29, 1.82) is 0 Å². The molecule has 5 rings (SSSR count). The number of rotatable bonds is 8. The van der Waals surface area contributed by atoms with Gasteiger partial charge in [0.15, 0.2) is 5.82 Å². The van der Waals surface area contributed by atoms with E-state index in [4.69, 9.17) is 9.72 Å². The summed E-state index contributed by atoms with van der Waals surface area (Å²) in [6.07, 6.45) is 4.33. The lowest BCUT2D eigenvalue weighted by Gasteiger charge is -2.40. The summed E-state index contributed by atoms with van der Waals surface area (Å²) < 4.78 is 9.30. The lowest BCUT2D eigenvalue weighted by atomic mass is 9.92. The van der Waals surface area contributed by atoms with Gasteiger partial charge in [-0.3, -0.25) is 14.3 Å². The minimum absolute atomic E-state index is 0. The summed E-state index contributed by atoms with van der Waals surface area (Å²) >= 11 is 0. The molecule has 0 saturated carbocycles. The van der Waals surface area contributed by atoms with Gasteiger partial charge in [0.25, 0.3) is 5.91 Å². The quantitative estimate of drug-likeness (QED) is 0.487. The van der Waals surface area contributed by atoms with E-state index in [1.165, 1.54) is 0 Å². The predicted octanol–water partition coefficient (Wildman–Crippen LogP) is 2.50. The number of imidazole rings is 1. The smallest absolute Gasteiger partial charge is 0.290 e. The van der Waals surface area contributed by atoms with E-state index in [0.29, 0.717) is 71.3 Å². The number of ether oxygens (including phenoxy) is 1. The van der Waals surface area contributed by atoms with Crippen LogP contribution in [0, 0.1) is 11.8 Å². The molecule has 0 spiro atoms. The molecular formula is C28H41N7O3. The van der Waals surface area contributed by atoms with Crippen LogP contribution < -0.4 is 5.32 Å². The van der Waals surface area contributed by atoms with Crippen LogP contribution in [0.3, 0.4) is 0 Å². The molecule has 2 aliphatic rings.